The highest BCUT2D eigenvalue weighted by atomic mass is 19.1. The van der Waals surface area contributed by atoms with Crippen LogP contribution < -0.4 is 15.5 Å². The summed E-state index contributed by atoms with van der Waals surface area (Å²) in [6.45, 7) is 0.302. The maximum absolute atomic E-state index is 13.5. The van der Waals surface area contributed by atoms with Crippen molar-refractivity contribution in [1.82, 2.24) is 5.32 Å². The van der Waals surface area contributed by atoms with Crippen molar-refractivity contribution in [3.05, 3.63) is 84.7 Å². The lowest BCUT2D eigenvalue weighted by atomic mass is 10.0. The number of amides is 3. The van der Waals surface area contributed by atoms with Crippen molar-refractivity contribution in [1.29, 1.82) is 0 Å². The van der Waals surface area contributed by atoms with Gasteiger partial charge in [-0.1, -0.05) is 54.6 Å². The van der Waals surface area contributed by atoms with Crippen LogP contribution >= 0.6 is 0 Å². The number of rotatable bonds is 4. The monoisotopic (exact) mass is 389 g/mol. The SMILES string of the molecule is O=C(Nc1ccccc1-c1ccccc1)N[C@H]1CC(=O)N(c2cccc(F)c2)C1. The third-order valence-electron chi connectivity index (χ3n) is 4.84. The molecule has 1 heterocycles. The van der Waals surface area contributed by atoms with Crippen molar-refractivity contribution in [2.24, 2.45) is 0 Å². The van der Waals surface area contributed by atoms with E-state index in [2.05, 4.69) is 10.6 Å². The van der Waals surface area contributed by atoms with Gasteiger partial charge in [-0.05, 0) is 29.8 Å². The molecule has 3 amide bonds. The van der Waals surface area contributed by atoms with Crippen LogP contribution in [0.15, 0.2) is 78.9 Å². The van der Waals surface area contributed by atoms with E-state index in [9.17, 15) is 14.0 Å². The second-order valence-corrected chi connectivity index (χ2v) is 6.90. The number of benzene rings is 3. The molecule has 1 aliphatic rings. The molecule has 146 valence electrons. The van der Waals surface area contributed by atoms with Gasteiger partial charge in [-0.2, -0.15) is 0 Å². The molecule has 1 atom stereocenters. The van der Waals surface area contributed by atoms with Crippen molar-refractivity contribution >= 4 is 23.3 Å². The topological polar surface area (TPSA) is 61.4 Å². The minimum atomic E-state index is -0.401. The molecule has 0 unspecified atom stereocenters. The fourth-order valence-corrected chi connectivity index (χ4v) is 3.50. The van der Waals surface area contributed by atoms with E-state index in [1.807, 2.05) is 54.6 Å². The number of halogens is 1. The summed E-state index contributed by atoms with van der Waals surface area (Å²) in [6, 6.07) is 22.5. The van der Waals surface area contributed by atoms with Crippen LogP contribution in [0.4, 0.5) is 20.6 Å². The van der Waals surface area contributed by atoms with Crippen LogP contribution in [-0.2, 0) is 4.79 Å². The Kier molecular flexibility index (Phi) is 5.24. The lowest BCUT2D eigenvalue weighted by Crippen LogP contribution is -2.39. The van der Waals surface area contributed by atoms with Gasteiger partial charge < -0.3 is 15.5 Å². The average molecular weight is 389 g/mol. The Bertz CT molecular complexity index is 1040. The van der Waals surface area contributed by atoms with Crippen LogP contribution in [0, 0.1) is 5.82 Å². The summed E-state index contributed by atoms with van der Waals surface area (Å²) in [4.78, 5) is 26.3. The zero-order valence-corrected chi connectivity index (χ0v) is 15.6. The second kappa shape index (κ2) is 8.14. The summed E-state index contributed by atoms with van der Waals surface area (Å²) in [6.07, 6.45) is 0.171. The van der Waals surface area contributed by atoms with Crippen LogP contribution in [-0.4, -0.2) is 24.5 Å². The predicted molar refractivity (Wildman–Crippen MR) is 111 cm³/mol. The number of urea groups is 1. The minimum absolute atomic E-state index is 0.148. The van der Waals surface area contributed by atoms with Crippen LogP contribution in [0.3, 0.4) is 0 Å². The van der Waals surface area contributed by atoms with Crippen LogP contribution in [0.1, 0.15) is 6.42 Å². The summed E-state index contributed by atoms with van der Waals surface area (Å²) >= 11 is 0. The molecule has 5 nitrogen and oxygen atoms in total. The summed E-state index contributed by atoms with van der Waals surface area (Å²) in [5.74, 6) is -0.549. The molecule has 3 aromatic carbocycles. The fraction of sp³-hybridized carbons (Fsp3) is 0.130. The lowest BCUT2D eigenvalue weighted by molar-refractivity contribution is -0.117. The molecule has 0 spiro atoms. The smallest absolute Gasteiger partial charge is 0.319 e. The Balaban J connectivity index is 1.43. The van der Waals surface area contributed by atoms with Gasteiger partial charge >= 0.3 is 6.03 Å². The molecule has 0 saturated carbocycles. The standard InChI is InChI=1S/C23H20FN3O2/c24-17-9-6-10-19(13-17)27-15-18(14-22(27)28)25-23(29)26-21-12-5-4-11-20(21)16-7-2-1-3-8-16/h1-13,18H,14-15H2,(H2,25,26,29)/t18-/m0/s1. The molecule has 3 aromatic rings. The first-order chi connectivity index (χ1) is 14.1. The number of nitrogens with one attached hydrogen (secondary N) is 2. The number of para-hydroxylation sites is 1. The quantitative estimate of drug-likeness (QED) is 0.694. The zero-order valence-electron chi connectivity index (χ0n) is 15.6. The number of hydrogen-bond donors (Lipinski definition) is 2. The molecule has 0 aliphatic carbocycles. The molecule has 0 radical (unpaired) electrons. The van der Waals surface area contributed by atoms with Crippen molar-refractivity contribution in [2.75, 3.05) is 16.8 Å². The predicted octanol–water partition coefficient (Wildman–Crippen LogP) is 4.42. The Hall–Kier alpha value is -3.67. The highest BCUT2D eigenvalue weighted by Gasteiger charge is 2.31. The van der Waals surface area contributed by atoms with Gasteiger partial charge in [-0.3, -0.25) is 4.79 Å². The zero-order chi connectivity index (χ0) is 20.2. The second-order valence-electron chi connectivity index (χ2n) is 6.90. The Morgan fingerprint density at radius 3 is 2.52 bits per heavy atom. The lowest BCUT2D eigenvalue weighted by Gasteiger charge is -2.18. The van der Waals surface area contributed by atoms with Crippen molar-refractivity contribution in [2.45, 2.75) is 12.5 Å². The third kappa shape index (κ3) is 4.27. The van der Waals surface area contributed by atoms with Gasteiger partial charge in [-0.15, -0.1) is 0 Å². The number of carbonyl (C=O) groups is 2. The van der Waals surface area contributed by atoms with E-state index in [1.165, 1.54) is 17.0 Å². The number of carbonyl (C=O) groups excluding carboxylic acids is 2. The summed E-state index contributed by atoms with van der Waals surface area (Å²) in [7, 11) is 0. The number of hydrogen-bond acceptors (Lipinski definition) is 2. The van der Waals surface area contributed by atoms with Gasteiger partial charge in [0.05, 0.1) is 11.7 Å². The first kappa shape index (κ1) is 18.7. The molecule has 0 aromatic heterocycles. The number of anilines is 2. The van der Waals surface area contributed by atoms with Crippen LogP contribution in [0.25, 0.3) is 11.1 Å². The van der Waals surface area contributed by atoms with E-state index in [0.29, 0.717) is 17.9 Å². The Morgan fingerprint density at radius 1 is 0.966 bits per heavy atom. The highest BCUT2D eigenvalue weighted by molar-refractivity contribution is 5.98. The van der Waals surface area contributed by atoms with E-state index in [4.69, 9.17) is 0 Å². The van der Waals surface area contributed by atoms with Crippen LogP contribution in [0.2, 0.25) is 0 Å². The van der Waals surface area contributed by atoms with E-state index in [0.717, 1.165) is 11.1 Å². The molecule has 1 saturated heterocycles. The Morgan fingerprint density at radius 2 is 1.72 bits per heavy atom. The van der Waals surface area contributed by atoms with Crippen molar-refractivity contribution in [3.8, 4) is 11.1 Å². The highest BCUT2D eigenvalue weighted by Crippen LogP contribution is 2.27. The number of nitrogens with zero attached hydrogens (tertiary/aromatic N) is 1. The average Bonchev–Trinajstić information content (AvgIpc) is 3.09. The van der Waals surface area contributed by atoms with Gasteiger partial charge in [0.1, 0.15) is 5.82 Å². The molecule has 6 heteroatoms. The van der Waals surface area contributed by atoms with E-state index < -0.39 is 5.82 Å². The Labute approximate surface area is 168 Å². The van der Waals surface area contributed by atoms with Gasteiger partial charge in [-0.25, -0.2) is 9.18 Å². The molecular weight excluding hydrogens is 369 g/mol. The molecule has 4 rings (SSSR count). The molecule has 2 N–H and O–H groups in total. The van der Waals surface area contributed by atoms with Crippen molar-refractivity contribution in [3.63, 3.8) is 0 Å². The molecule has 1 aliphatic heterocycles. The maximum atomic E-state index is 13.5. The molecule has 0 bridgehead atoms. The van der Waals surface area contributed by atoms with Gasteiger partial charge in [0.15, 0.2) is 0 Å². The molecule has 1 fully saturated rings. The first-order valence-corrected chi connectivity index (χ1v) is 9.38. The summed E-state index contributed by atoms with van der Waals surface area (Å²) in [5, 5.41) is 5.72. The fourth-order valence-electron chi connectivity index (χ4n) is 3.50. The largest absolute Gasteiger partial charge is 0.333 e. The summed E-state index contributed by atoms with van der Waals surface area (Å²) in [5.41, 5.74) is 3.08. The third-order valence-corrected chi connectivity index (χ3v) is 4.84. The maximum Gasteiger partial charge on any atom is 0.319 e. The van der Waals surface area contributed by atoms with E-state index >= 15 is 0 Å². The van der Waals surface area contributed by atoms with E-state index in [1.54, 1.807) is 12.1 Å². The summed E-state index contributed by atoms with van der Waals surface area (Å²) < 4.78 is 13.5. The normalized spacial score (nSPS) is 16.0. The first-order valence-electron chi connectivity index (χ1n) is 9.38. The van der Waals surface area contributed by atoms with Gasteiger partial charge in [0.2, 0.25) is 5.91 Å². The molecule has 29 heavy (non-hydrogen) atoms. The minimum Gasteiger partial charge on any atom is -0.333 e. The van der Waals surface area contributed by atoms with E-state index in [-0.39, 0.29) is 24.4 Å². The molecular formula is C23H20FN3O2. The van der Waals surface area contributed by atoms with Gasteiger partial charge in [0, 0.05) is 24.2 Å². The van der Waals surface area contributed by atoms with Crippen molar-refractivity contribution < 1.29 is 14.0 Å². The van der Waals surface area contributed by atoms with Crippen LogP contribution in [0.5, 0.6) is 0 Å². The van der Waals surface area contributed by atoms with Gasteiger partial charge in [0.25, 0.3) is 0 Å².